The van der Waals surface area contributed by atoms with Crippen LogP contribution in [0.4, 0.5) is 5.69 Å². The van der Waals surface area contributed by atoms with E-state index < -0.39 is 0 Å². The number of hydrogen-bond donors (Lipinski definition) is 1. The highest BCUT2D eigenvalue weighted by Crippen LogP contribution is 2.21. The zero-order valence-corrected chi connectivity index (χ0v) is 13.8. The van der Waals surface area contributed by atoms with Crippen molar-refractivity contribution in [3.8, 4) is 5.82 Å². The summed E-state index contributed by atoms with van der Waals surface area (Å²) >= 11 is 0. The Bertz CT molecular complexity index is 709. The Balaban J connectivity index is 1.60. The molecule has 3 heterocycles. The number of anilines is 1. The highest BCUT2D eigenvalue weighted by Gasteiger charge is 2.34. The highest BCUT2D eigenvalue weighted by atomic mass is 16.2. The summed E-state index contributed by atoms with van der Waals surface area (Å²) < 4.78 is 1.78. The van der Waals surface area contributed by atoms with Crippen molar-refractivity contribution in [2.24, 2.45) is 11.8 Å². The van der Waals surface area contributed by atoms with Gasteiger partial charge in [-0.1, -0.05) is 13.8 Å². The summed E-state index contributed by atoms with van der Waals surface area (Å²) in [6.45, 7) is 5.31. The van der Waals surface area contributed by atoms with Crippen LogP contribution in [0, 0.1) is 11.8 Å². The number of imidazole rings is 1. The molecule has 0 bridgehead atoms. The van der Waals surface area contributed by atoms with Gasteiger partial charge in [0.15, 0.2) is 0 Å². The van der Waals surface area contributed by atoms with Crippen molar-refractivity contribution in [1.29, 1.82) is 0 Å². The summed E-state index contributed by atoms with van der Waals surface area (Å²) in [6, 6.07) is 3.60. The van der Waals surface area contributed by atoms with Crippen LogP contribution >= 0.6 is 0 Å². The fourth-order valence-electron chi connectivity index (χ4n) is 2.82. The van der Waals surface area contributed by atoms with Crippen LogP contribution < -0.4 is 5.32 Å². The number of aromatic nitrogens is 3. The van der Waals surface area contributed by atoms with Crippen molar-refractivity contribution < 1.29 is 9.59 Å². The van der Waals surface area contributed by atoms with E-state index >= 15 is 0 Å². The van der Waals surface area contributed by atoms with Crippen molar-refractivity contribution >= 4 is 17.5 Å². The predicted molar refractivity (Wildman–Crippen MR) is 89.5 cm³/mol. The van der Waals surface area contributed by atoms with Gasteiger partial charge in [0, 0.05) is 31.9 Å². The van der Waals surface area contributed by atoms with E-state index in [1.807, 2.05) is 6.07 Å². The van der Waals surface area contributed by atoms with E-state index in [2.05, 4.69) is 29.1 Å². The topological polar surface area (TPSA) is 80.1 Å². The third-order valence-electron chi connectivity index (χ3n) is 3.96. The van der Waals surface area contributed by atoms with E-state index in [0.29, 0.717) is 24.7 Å². The Hall–Kier alpha value is -2.70. The zero-order chi connectivity index (χ0) is 17.1. The Morgan fingerprint density at radius 2 is 2.25 bits per heavy atom. The van der Waals surface area contributed by atoms with E-state index in [9.17, 15) is 9.59 Å². The van der Waals surface area contributed by atoms with Crippen LogP contribution in [0.5, 0.6) is 0 Å². The molecule has 1 unspecified atom stereocenters. The maximum absolute atomic E-state index is 12.4. The molecule has 0 saturated carbocycles. The van der Waals surface area contributed by atoms with Gasteiger partial charge < -0.3 is 10.2 Å². The lowest BCUT2D eigenvalue weighted by atomic mass is 10.1. The van der Waals surface area contributed by atoms with Crippen LogP contribution in [0.25, 0.3) is 5.82 Å². The van der Waals surface area contributed by atoms with Gasteiger partial charge in [-0.3, -0.25) is 14.2 Å². The zero-order valence-electron chi connectivity index (χ0n) is 13.8. The first-order chi connectivity index (χ1) is 11.5. The SMILES string of the molecule is CC(C)CN1CC(C(=O)Nc2ccc(-n3ccnc3)nc2)CC1=O. The molecule has 0 aromatic carbocycles. The number of carbonyl (C=O) groups excluding carboxylic acids is 2. The average molecular weight is 327 g/mol. The molecule has 1 atom stereocenters. The first-order valence-corrected chi connectivity index (χ1v) is 8.06. The molecule has 2 amide bonds. The van der Waals surface area contributed by atoms with E-state index in [1.165, 1.54) is 0 Å². The molecular formula is C17H21N5O2. The molecule has 1 saturated heterocycles. The molecule has 24 heavy (non-hydrogen) atoms. The summed E-state index contributed by atoms with van der Waals surface area (Å²) in [5.41, 5.74) is 0.624. The number of carbonyl (C=O) groups is 2. The minimum atomic E-state index is -0.301. The van der Waals surface area contributed by atoms with Gasteiger partial charge in [0.1, 0.15) is 12.1 Å². The van der Waals surface area contributed by atoms with Crippen LogP contribution in [-0.4, -0.2) is 44.3 Å². The van der Waals surface area contributed by atoms with Crippen LogP contribution in [-0.2, 0) is 9.59 Å². The number of nitrogens with one attached hydrogen (secondary N) is 1. The van der Waals surface area contributed by atoms with E-state index in [1.54, 1.807) is 40.5 Å². The number of hydrogen-bond acceptors (Lipinski definition) is 4. The van der Waals surface area contributed by atoms with Gasteiger partial charge in [0.25, 0.3) is 0 Å². The van der Waals surface area contributed by atoms with Crippen LogP contribution in [0.15, 0.2) is 37.1 Å². The first-order valence-electron chi connectivity index (χ1n) is 8.06. The second-order valence-corrected chi connectivity index (χ2v) is 6.46. The number of amides is 2. The van der Waals surface area contributed by atoms with E-state index in [0.717, 1.165) is 5.82 Å². The number of likely N-dealkylation sites (tertiary alicyclic amines) is 1. The molecule has 7 nitrogen and oxygen atoms in total. The maximum atomic E-state index is 12.4. The Labute approximate surface area is 140 Å². The fraction of sp³-hybridized carbons (Fsp3) is 0.412. The van der Waals surface area contributed by atoms with E-state index in [-0.39, 0.29) is 24.2 Å². The summed E-state index contributed by atoms with van der Waals surface area (Å²) in [5.74, 6) is 0.745. The third kappa shape index (κ3) is 3.61. The molecule has 2 aromatic heterocycles. The fourth-order valence-corrected chi connectivity index (χ4v) is 2.82. The highest BCUT2D eigenvalue weighted by molar-refractivity contribution is 5.97. The molecular weight excluding hydrogens is 306 g/mol. The lowest BCUT2D eigenvalue weighted by Gasteiger charge is -2.18. The van der Waals surface area contributed by atoms with Crippen molar-refractivity contribution in [3.05, 3.63) is 37.1 Å². The van der Waals surface area contributed by atoms with Crippen LogP contribution in [0.3, 0.4) is 0 Å². The van der Waals surface area contributed by atoms with Gasteiger partial charge in [0.2, 0.25) is 11.8 Å². The second-order valence-electron chi connectivity index (χ2n) is 6.46. The minimum Gasteiger partial charge on any atom is -0.342 e. The van der Waals surface area contributed by atoms with Crippen LogP contribution in [0.2, 0.25) is 0 Å². The molecule has 126 valence electrons. The van der Waals surface area contributed by atoms with Crippen molar-refractivity contribution in [1.82, 2.24) is 19.4 Å². The summed E-state index contributed by atoms with van der Waals surface area (Å²) in [5, 5.41) is 2.85. The van der Waals surface area contributed by atoms with E-state index in [4.69, 9.17) is 0 Å². The predicted octanol–water partition coefficient (Wildman–Crippen LogP) is 1.71. The molecule has 1 N–H and O–H groups in total. The molecule has 0 spiro atoms. The molecule has 2 aromatic rings. The van der Waals surface area contributed by atoms with Gasteiger partial charge in [-0.25, -0.2) is 9.97 Å². The van der Waals surface area contributed by atoms with Crippen molar-refractivity contribution in [2.45, 2.75) is 20.3 Å². The van der Waals surface area contributed by atoms with Gasteiger partial charge >= 0.3 is 0 Å². The number of rotatable bonds is 5. The lowest BCUT2D eigenvalue weighted by molar-refractivity contribution is -0.128. The molecule has 3 rings (SSSR count). The summed E-state index contributed by atoms with van der Waals surface area (Å²) in [6.07, 6.45) is 7.02. The third-order valence-corrected chi connectivity index (χ3v) is 3.96. The smallest absolute Gasteiger partial charge is 0.229 e. The van der Waals surface area contributed by atoms with Gasteiger partial charge in [-0.2, -0.15) is 0 Å². The largest absolute Gasteiger partial charge is 0.342 e. The van der Waals surface area contributed by atoms with Gasteiger partial charge in [0.05, 0.1) is 17.8 Å². The standard InChI is InChI=1S/C17H21N5O2/c1-12(2)9-22-10-13(7-16(22)23)17(24)20-14-3-4-15(19-8-14)21-6-5-18-11-21/h3-6,8,11-13H,7,9-10H2,1-2H3,(H,20,24). The molecule has 7 heteroatoms. The summed E-state index contributed by atoms with van der Waals surface area (Å²) in [7, 11) is 0. The van der Waals surface area contributed by atoms with Gasteiger partial charge in [-0.15, -0.1) is 0 Å². The molecule has 1 fully saturated rings. The maximum Gasteiger partial charge on any atom is 0.229 e. The molecule has 0 radical (unpaired) electrons. The van der Waals surface area contributed by atoms with Gasteiger partial charge in [-0.05, 0) is 18.1 Å². The average Bonchev–Trinajstić information content (AvgIpc) is 3.18. The minimum absolute atomic E-state index is 0.0532. The van der Waals surface area contributed by atoms with Crippen molar-refractivity contribution in [3.63, 3.8) is 0 Å². The first kappa shape index (κ1) is 16.2. The lowest BCUT2D eigenvalue weighted by Crippen LogP contribution is -2.31. The second kappa shape index (κ2) is 6.82. The number of nitrogens with zero attached hydrogens (tertiary/aromatic N) is 4. The molecule has 1 aliphatic rings. The summed E-state index contributed by atoms with van der Waals surface area (Å²) in [4.78, 5) is 34.4. The van der Waals surface area contributed by atoms with Crippen LogP contribution in [0.1, 0.15) is 20.3 Å². The Kier molecular flexibility index (Phi) is 4.59. The monoisotopic (exact) mass is 327 g/mol. The van der Waals surface area contributed by atoms with Crippen molar-refractivity contribution in [2.75, 3.05) is 18.4 Å². The molecule has 0 aliphatic carbocycles. The quantitative estimate of drug-likeness (QED) is 0.906. The normalized spacial score (nSPS) is 17.5. The molecule has 1 aliphatic heterocycles. The Morgan fingerprint density at radius 1 is 1.42 bits per heavy atom. The Morgan fingerprint density at radius 3 is 2.88 bits per heavy atom. The number of pyridine rings is 1.